The molecule has 0 aliphatic rings. The molecule has 10 heteroatoms. The summed E-state index contributed by atoms with van der Waals surface area (Å²) in [5.41, 5.74) is 4.14. The lowest BCUT2D eigenvalue weighted by molar-refractivity contribution is -0.140. The average Bonchev–Trinajstić information content (AvgIpc) is 3.27. The van der Waals surface area contributed by atoms with Gasteiger partial charge < -0.3 is 18.5 Å². The molecule has 0 atom stereocenters. The maximum atomic E-state index is 13.5. The molecule has 0 amide bonds. The van der Waals surface area contributed by atoms with Gasteiger partial charge >= 0.3 is 13.6 Å². The molecule has 0 fully saturated rings. The van der Waals surface area contributed by atoms with Crippen molar-refractivity contribution in [3.8, 4) is 0 Å². The van der Waals surface area contributed by atoms with Crippen LogP contribution in [0.5, 0.6) is 0 Å². The van der Waals surface area contributed by atoms with Crippen molar-refractivity contribution < 1.29 is 32.8 Å². The molecular weight excluding hydrogens is 555 g/mol. The fourth-order valence-electron chi connectivity index (χ4n) is 4.98. The highest BCUT2D eigenvalue weighted by Gasteiger charge is 2.24. The molecule has 0 unspecified atom stereocenters. The van der Waals surface area contributed by atoms with Crippen LogP contribution >= 0.6 is 7.60 Å². The fraction of sp³-hybridized carbons (Fsp3) is 0.312. The minimum atomic E-state index is -3.22. The first-order valence-corrected chi connectivity index (χ1v) is 15.6. The molecule has 1 heterocycles. The van der Waals surface area contributed by atoms with Crippen molar-refractivity contribution in [3.63, 3.8) is 0 Å². The predicted octanol–water partition coefficient (Wildman–Crippen LogP) is 7.11. The van der Waals surface area contributed by atoms with Crippen LogP contribution < -0.4 is 0 Å². The SMILES string of the molecule is CCOP(=O)(CCCn1c2ccc(C(=O)/C(C)=N/OC(C)=O)cc2c2cc(C(=O)c3ccccc3C)ccc21)OCC. The maximum Gasteiger partial charge on any atom is 0.331 e. The van der Waals surface area contributed by atoms with Crippen LogP contribution in [0.3, 0.4) is 0 Å². The van der Waals surface area contributed by atoms with Gasteiger partial charge in [-0.05, 0) is 76.1 Å². The van der Waals surface area contributed by atoms with Gasteiger partial charge in [0.1, 0.15) is 5.71 Å². The molecule has 9 nitrogen and oxygen atoms in total. The van der Waals surface area contributed by atoms with Crippen molar-refractivity contribution in [1.29, 1.82) is 0 Å². The molecule has 220 valence electrons. The lowest BCUT2D eigenvalue weighted by Gasteiger charge is -2.17. The largest absolute Gasteiger partial charge is 0.340 e. The van der Waals surface area contributed by atoms with Gasteiger partial charge in [-0.25, -0.2) is 4.79 Å². The molecule has 0 aliphatic carbocycles. The molecule has 0 N–H and O–H groups in total. The third-order valence-corrected chi connectivity index (χ3v) is 9.05. The zero-order chi connectivity index (χ0) is 30.4. The molecule has 0 bridgehead atoms. The summed E-state index contributed by atoms with van der Waals surface area (Å²) in [5, 5.41) is 5.21. The summed E-state index contributed by atoms with van der Waals surface area (Å²) >= 11 is 0. The summed E-state index contributed by atoms with van der Waals surface area (Å²) in [4.78, 5) is 42.4. The van der Waals surface area contributed by atoms with Crippen LogP contribution in [-0.2, 0) is 29.8 Å². The number of nitrogens with zero attached hydrogens (tertiary/aromatic N) is 2. The lowest BCUT2D eigenvalue weighted by Crippen LogP contribution is -2.12. The van der Waals surface area contributed by atoms with Gasteiger partial charge in [-0.15, -0.1) is 0 Å². The normalized spacial score (nSPS) is 12.2. The Kier molecular flexibility index (Phi) is 9.89. The molecule has 42 heavy (non-hydrogen) atoms. The highest BCUT2D eigenvalue weighted by atomic mass is 31.2. The van der Waals surface area contributed by atoms with Gasteiger partial charge in [-0.1, -0.05) is 29.4 Å². The number of aryl methyl sites for hydroxylation is 2. The third-order valence-electron chi connectivity index (χ3n) is 6.88. The van der Waals surface area contributed by atoms with Gasteiger partial charge in [0, 0.05) is 52.0 Å². The van der Waals surface area contributed by atoms with E-state index in [-0.39, 0.29) is 23.4 Å². The van der Waals surface area contributed by atoms with E-state index in [2.05, 4.69) is 14.6 Å². The Hall–Kier alpha value is -3.91. The topological polar surface area (TPSA) is 113 Å². The summed E-state index contributed by atoms with van der Waals surface area (Å²) in [6.45, 7) is 9.25. The van der Waals surface area contributed by atoms with E-state index in [4.69, 9.17) is 9.05 Å². The van der Waals surface area contributed by atoms with E-state index in [9.17, 15) is 18.9 Å². The first-order valence-electron chi connectivity index (χ1n) is 13.9. The van der Waals surface area contributed by atoms with E-state index >= 15 is 0 Å². The van der Waals surface area contributed by atoms with Crippen LogP contribution in [0.1, 0.15) is 66.0 Å². The summed E-state index contributed by atoms with van der Waals surface area (Å²) < 4.78 is 26.1. The van der Waals surface area contributed by atoms with Crippen molar-refractivity contribution in [1.82, 2.24) is 4.57 Å². The van der Waals surface area contributed by atoms with Gasteiger partial charge in [-0.2, -0.15) is 0 Å². The number of ketones is 2. The number of oxime groups is 1. The zero-order valence-electron chi connectivity index (χ0n) is 24.5. The van der Waals surface area contributed by atoms with Gasteiger partial charge in [0.25, 0.3) is 0 Å². The first-order chi connectivity index (χ1) is 20.1. The second kappa shape index (κ2) is 13.4. The van der Waals surface area contributed by atoms with Crippen LogP contribution in [0.15, 0.2) is 65.8 Å². The van der Waals surface area contributed by atoms with E-state index in [0.29, 0.717) is 42.9 Å². The number of hydrogen-bond donors (Lipinski definition) is 0. The molecule has 0 saturated carbocycles. The summed E-state index contributed by atoms with van der Waals surface area (Å²) in [7, 11) is -3.22. The Morgan fingerprint density at radius 3 is 2.05 bits per heavy atom. The standard InChI is InChI=1S/C32H35N2O7P/c1-6-39-42(38,40-7-2)18-10-17-34-29-15-13-24(31(36)22(4)33-41-23(5)35)19-27(29)28-20-25(14-16-30(28)34)32(37)26-12-9-8-11-21(26)3/h8-9,11-16,19-20H,6-7,10,17-18H2,1-5H3/b33-22+. The Morgan fingerprint density at radius 2 is 1.45 bits per heavy atom. The Balaban J connectivity index is 1.80. The molecule has 1 aromatic heterocycles. The number of carbonyl (C=O) groups excluding carboxylic acids is 3. The number of benzene rings is 3. The number of rotatable bonds is 13. The van der Waals surface area contributed by atoms with Gasteiger partial charge in [0.15, 0.2) is 5.78 Å². The third kappa shape index (κ3) is 6.76. The summed E-state index contributed by atoms with van der Waals surface area (Å²) in [5.74, 6) is -1.10. The fourth-order valence-corrected chi connectivity index (χ4v) is 6.62. The zero-order valence-corrected chi connectivity index (χ0v) is 25.4. The molecule has 0 saturated heterocycles. The molecule has 0 aliphatic heterocycles. The summed E-state index contributed by atoms with van der Waals surface area (Å²) in [6.07, 6.45) is 0.775. The Bertz CT molecular complexity index is 1730. The van der Waals surface area contributed by atoms with E-state index in [1.54, 1.807) is 32.0 Å². The molecule has 0 spiro atoms. The molecule has 0 radical (unpaired) electrons. The highest BCUT2D eigenvalue weighted by Crippen LogP contribution is 2.48. The lowest BCUT2D eigenvalue weighted by atomic mass is 9.97. The molecule has 3 aromatic carbocycles. The van der Waals surface area contributed by atoms with Crippen molar-refractivity contribution in [2.24, 2.45) is 5.16 Å². The molecule has 4 rings (SSSR count). The van der Waals surface area contributed by atoms with Gasteiger partial charge in [0.05, 0.1) is 19.4 Å². The number of fused-ring (bicyclic) bond motifs is 3. The quantitative estimate of drug-likeness (QED) is 0.0536. The van der Waals surface area contributed by atoms with Crippen LogP contribution in [0.2, 0.25) is 0 Å². The average molecular weight is 591 g/mol. The van der Waals surface area contributed by atoms with E-state index < -0.39 is 13.6 Å². The predicted molar refractivity (Wildman–Crippen MR) is 164 cm³/mol. The van der Waals surface area contributed by atoms with E-state index in [1.165, 1.54) is 13.8 Å². The van der Waals surface area contributed by atoms with E-state index in [1.807, 2.05) is 49.4 Å². The van der Waals surface area contributed by atoms with Crippen molar-refractivity contribution in [2.75, 3.05) is 19.4 Å². The van der Waals surface area contributed by atoms with Crippen LogP contribution in [0.4, 0.5) is 0 Å². The number of hydrogen-bond acceptors (Lipinski definition) is 8. The number of Topliss-reactive ketones (excluding diaryl/α,β-unsaturated/α-hetero) is 1. The second-order valence-corrected chi connectivity index (χ2v) is 12.1. The second-order valence-electron chi connectivity index (χ2n) is 9.87. The molecular formula is C32H35N2O7P. The van der Waals surface area contributed by atoms with Gasteiger partial charge in [-0.3, -0.25) is 14.2 Å². The van der Waals surface area contributed by atoms with Gasteiger partial charge in [0.2, 0.25) is 5.78 Å². The van der Waals surface area contributed by atoms with Crippen molar-refractivity contribution in [2.45, 2.75) is 47.6 Å². The maximum absolute atomic E-state index is 13.5. The van der Waals surface area contributed by atoms with Crippen LogP contribution in [0, 0.1) is 6.92 Å². The Labute approximate surface area is 245 Å². The van der Waals surface area contributed by atoms with Crippen molar-refractivity contribution in [3.05, 3.63) is 82.9 Å². The Morgan fingerprint density at radius 1 is 0.857 bits per heavy atom. The van der Waals surface area contributed by atoms with E-state index in [0.717, 1.165) is 27.4 Å². The number of carbonyl (C=O) groups is 3. The summed E-state index contributed by atoms with van der Waals surface area (Å²) in [6, 6.07) is 18.3. The van der Waals surface area contributed by atoms with Crippen LogP contribution in [0.25, 0.3) is 21.8 Å². The molecule has 4 aromatic rings. The van der Waals surface area contributed by atoms with Crippen molar-refractivity contribution >= 4 is 52.6 Å². The minimum absolute atomic E-state index is 0.0336. The smallest absolute Gasteiger partial charge is 0.331 e. The number of aromatic nitrogens is 1. The van der Waals surface area contributed by atoms with Crippen LogP contribution in [-0.4, -0.2) is 47.2 Å². The first kappa shape index (κ1) is 31.0. The minimum Gasteiger partial charge on any atom is -0.340 e. The highest BCUT2D eigenvalue weighted by molar-refractivity contribution is 7.53. The monoisotopic (exact) mass is 590 g/mol.